The predicted octanol–water partition coefficient (Wildman–Crippen LogP) is 4.85. The van der Waals surface area contributed by atoms with Crippen molar-refractivity contribution in [3.63, 3.8) is 0 Å². The summed E-state index contributed by atoms with van der Waals surface area (Å²) in [5.41, 5.74) is 4.77. The van der Waals surface area contributed by atoms with E-state index in [4.69, 9.17) is 9.47 Å². The number of rotatable bonds is 10. The quantitative estimate of drug-likeness (QED) is 0.209. The van der Waals surface area contributed by atoms with Gasteiger partial charge in [-0.3, -0.25) is 19.7 Å². The van der Waals surface area contributed by atoms with Crippen molar-refractivity contribution in [3.05, 3.63) is 91.9 Å². The van der Waals surface area contributed by atoms with Gasteiger partial charge in [-0.1, -0.05) is 12.1 Å². The van der Waals surface area contributed by atoms with Crippen LogP contribution in [0.2, 0.25) is 0 Å². The molecule has 186 valence electrons. The Labute approximate surface area is 215 Å². The Bertz CT molecular complexity index is 1290. The average Bonchev–Trinajstić information content (AvgIpc) is 2.83. The zero-order valence-corrected chi connectivity index (χ0v) is 21.1. The van der Waals surface area contributed by atoms with Gasteiger partial charge in [0.05, 0.1) is 22.2 Å². The SMILES string of the molecule is CCOc1cc(/C=N/NC(=O)c2ccc([N+](=O)[O-])cc2)cc(Br)c1OCC(=O)Nc1cccc(C)c1. The van der Waals surface area contributed by atoms with Gasteiger partial charge in [-0.05, 0) is 77.3 Å². The number of ether oxygens (including phenoxy) is 2. The Morgan fingerprint density at radius 2 is 1.86 bits per heavy atom. The molecule has 0 saturated carbocycles. The van der Waals surface area contributed by atoms with E-state index < -0.39 is 10.8 Å². The van der Waals surface area contributed by atoms with Gasteiger partial charge in [0.2, 0.25) is 0 Å². The molecule has 3 aromatic rings. The maximum Gasteiger partial charge on any atom is 0.271 e. The monoisotopic (exact) mass is 554 g/mol. The predicted molar refractivity (Wildman–Crippen MR) is 139 cm³/mol. The summed E-state index contributed by atoms with van der Waals surface area (Å²) in [5.74, 6) is -0.110. The minimum Gasteiger partial charge on any atom is -0.490 e. The van der Waals surface area contributed by atoms with Gasteiger partial charge >= 0.3 is 0 Å². The number of nitro benzene ring substituents is 1. The highest BCUT2D eigenvalue weighted by atomic mass is 79.9. The van der Waals surface area contributed by atoms with Crippen LogP contribution in [0.4, 0.5) is 11.4 Å². The van der Waals surface area contributed by atoms with E-state index in [9.17, 15) is 19.7 Å². The van der Waals surface area contributed by atoms with Crippen LogP contribution in [0.5, 0.6) is 11.5 Å². The normalized spacial score (nSPS) is 10.6. The summed E-state index contributed by atoms with van der Waals surface area (Å²) in [6, 6.07) is 15.9. The first-order chi connectivity index (χ1) is 17.3. The molecular formula is C25H23BrN4O6. The lowest BCUT2D eigenvalue weighted by Crippen LogP contribution is -2.20. The van der Waals surface area contributed by atoms with Crippen LogP contribution in [0.3, 0.4) is 0 Å². The first-order valence-electron chi connectivity index (χ1n) is 10.8. The van der Waals surface area contributed by atoms with Crippen LogP contribution in [-0.4, -0.2) is 36.2 Å². The summed E-state index contributed by atoms with van der Waals surface area (Å²) < 4.78 is 11.9. The van der Waals surface area contributed by atoms with Crippen molar-refractivity contribution in [1.29, 1.82) is 0 Å². The molecular weight excluding hydrogens is 532 g/mol. The topological polar surface area (TPSA) is 132 Å². The van der Waals surface area contributed by atoms with Gasteiger partial charge in [-0.15, -0.1) is 0 Å². The number of halogens is 1. The molecule has 0 radical (unpaired) electrons. The highest BCUT2D eigenvalue weighted by Crippen LogP contribution is 2.36. The highest BCUT2D eigenvalue weighted by Gasteiger charge is 2.14. The fourth-order valence-electron chi connectivity index (χ4n) is 3.09. The Balaban J connectivity index is 1.65. The molecule has 0 fully saturated rings. The molecule has 0 bridgehead atoms. The van der Waals surface area contributed by atoms with Crippen molar-refractivity contribution in [2.45, 2.75) is 13.8 Å². The lowest BCUT2D eigenvalue weighted by Gasteiger charge is -2.14. The summed E-state index contributed by atoms with van der Waals surface area (Å²) in [6.07, 6.45) is 1.41. The molecule has 36 heavy (non-hydrogen) atoms. The standard InChI is InChI=1S/C25H23BrN4O6/c1-3-35-22-13-17(14-27-29-25(32)18-7-9-20(10-8-18)30(33)34)12-21(26)24(22)36-15-23(31)28-19-6-4-5-16(2)11-19/h4-14H,3,15H2,1-2H3,(H,28,31)(H,29,32)/b27-14+. The highest BCUT2D eigenvalue weighted by molar-refractivity contribution is 9.10. The van der Waals surface area contributed by atoms with Crippen LogP contribution >= 0.6 is 15.9 Å². The molecule has 2 N–H and O–H groups in total. The van der Waals surface area contributed by atoms with E-state index >= 15 is 0 Å². The van der Waals surface area contributed by atoms with Crippen LogP contribution in [0, 0.1) is 17.0 Å². The van der Waals surface area contributed by atoms with Crippen LogP contribution < -0.4 is 20.2 Å². The summed E-state index contributed by atoms with van der Waals surface area (Å²) >= 11 is 3.43. The maximum absolute atomic E-state index is 12.3. The number of nitrogens with zero attached hydrogens (tertiary/aromatic N) is 2. The van der Waals surface area contributed by atoms with E-state index in [0.717, 1.165) is 5.56 Å². The average molecular weight is 555 g/mol. The lowest BCUT2D eigenvalue weighted by atomic mass is 10.2. The van der Waals surface area contributed by atoms with E-state index in [-0.39, 0.29) is 23.8 Å². The van der Waals surface area contributed by atoms with Crippen molar-refractivity contribution in [3.8, 4) is 11.5 Å². The number of non-ortho nitro benzene ring substituents is 1. The zero-order chi connectivity index (χ0) is 26.1. The van der Waals surface area contributed by atoms with Crippen molar-refractivity contribution in [1.82, 2.24) is 5.43 Å². The van der Waals surface area contributed by atoms with E-state index in [0.29, 0.717) is 33.8 Å². The number of anilines is 1. The number of aryl methyl sites for hydroxylation is 1. The molecule has 3 rings (SSSR count). The molecule has 0 spiro atoms. The molecule has 3 aromatic carbocycles. The van der Waals surface area contributed by atoms with Crippen molar-refractivity contribution >= 4 is 45.3 Å². The summed E-state index contributed by atoms with van der Waals surface area (Å²) in [5, 5.41) is 17.5. The first kappa shape index (κ1) is 26.4. The second kappa shape index (κ2) is 12.5. The van der Waals surface area contributed by atoms with E-state index in [1.54, 1.807) is 18.2 Å². The van der Waals surface area contributed by atoms with Gasteiger partial charge in [-0.2, -0.15) is 5.10 Å². The number of hydrogen-bond donors (Lipinski definition) is 2. The van der Waals surface area contributed by atoms with Gasteiger partial charge in [0.1, 0.15) is 0 Å². The Morgan fingerprint density at radius 1 is 1.11 bits per heavy atom. The van der Waals surface area contributed by atoms with Crippen LogP contribution in [-0.2, 0) is 4.79 Å². The van der Waals surface area contributed by atoms with E-state index in [2.05, 4.69) is 31.8 Å². The van der Waals surface area contributed by atoms with Gasteiger partial charge in [0.25, 0.3) is 17.5 Å². The van der Waals surface area contributed by atoms with Gasteiger partial charge in [0.15, 0.2) is 18.1 Å². The van der Waals surface area contributed by atoms with Gasteiger partial charge in [-0.25, -0.2) is 5.43 Å². The summed E-state index contributed by atoms with van der Waals surface area (Å²) in [4.78, 5) is 34.7. The third-order valence-corrected chi connectivity index (χ3v) is 5.29. The number of carbonyl (C=O) groups excluding carboxylic acids is 2. The molecule has 2 amide bonds. The fourth-order valence-corrected chi connectivity index (χ4v) is 3.66. The van der Waals surface area contributed by atoms with Crippen molar-refractivity contribution in [2.75, 3.05) is 18.5 Å². The number of carbonyl (C=O) groups is 2. The van der Waals surface area contributed by atoms with Crippen molar-refractivity contribution < 1.29 is 24.0 Å². The molecule has 0 aliphatic heterocycles. The molecule has 0 aromatic heterocycles. The van der Waals surface area contributed by atoms with Crippen LogP contribution in [0.25, 0.3) is 0 Å². The van der Waals surface area contributed by atoms with Gasteiger partial charge < -0.3 is 14.8 Å². The number of hydrogen-bond acceptors (Lipinski definition) is 7. The number of nitro groups is 1. The first-order valence-corrected chi connectivity index (χ1v) is 11.6. The molecule has 0 unspecified atom stereocenters. The van der Waals surface area contributed by atoms with Gasteiger partial charge in [0, 0.05) is 23.4 Å². The van der Waals surface area contributed by atoms with Crippen LogP contribution in [0.1, 0.15) is 28.4 Å². The molecule has 0 saturated heterocycles. The Morgan fingerprint density at radius 3 is 2.53 bits per heavy atom. The Kier molecular flexibility index (Phi) is 9.12. The molecule has 0 heterocycles. The number of hydrazone groups is 1. The largest absolute Gasteiger partial charge is 0.490 e. The molecule has 0 atom stereocenters. The van der Waals surface area contributed by atoms with E-state index in [1.165, 1.54) is 30.5 Å². The summed E-state index contributed by atoms with van der Waals surface area (Å²) in [7, 11) is 0. The van der Waals surface area contributed by atoms with Crippen LogP contribution in [0.15, 0.2) is 70.2 Å². The molecule has 11 heteroatoms. The van der Waals surface area contributed by atoms with E-state index in [1.807, 2.05) is 32.0 Å². The zero-order valence-electron chi connectivity index (χ0n) is 19.5. The number of nitrogens with one attached hydrogen (secondary N) is 2. The minimum atomic E-state index is -0.544. The Hall–Kier alpha value is -4.25. The third kappa shape index (κ3) is 7.37. The minimum absolute atomic E-state index is 0.113. The molecule has 0 aliphatic carbocycles. The second-order valence-corrected chi connectivity index (χ2v) is 8.33. The fraction of sp³-hybridized carbons (Fsp3) is 0.160. The number of amides is 2. The second-order valence-electron chi connectivity index (χ2n) is 7.47. The summed E-state index contributed by atoms with van der Waals surface area (Å²) in [6.45, 7) is 3.87. The number of benzene rings is 3. The maximum atomic E-state index is 12.3. The molecule has 10 nitrogen and oxygen atoms in total. The van der Waals surface area contributed by atoms with Crippen molar-refractivity contribution in [2.24, 2.45) is 5.10 Å². The molecule has 0 aliphatic rings. The third-order valence-electron chi connectivity index (χ3n) is 4.70. The smallest absolute Gasteiger partial charge is 0.271 e. The lowest BCUT2D eigenvalue weighted by molar-refractivity contribution is -0.384.